The lowest BCUT2D eigenvalue weighted by molar-refractivity contribution is -0.141. The fourth-order valence-corrected chi connectivity index (χ4v) is 3.30. The van der Waals surface area contributed by atoms with Crippen LogP contribution in [0.1, 0.15) is 40.2 Å². The number of rotatable bonds is 4. The lowest BCUT2D eigenvalue weighted by Crippen LogP contribution is -2.33. The first-order valence-electron chi connectivity index (χ1n) is 6.85. The molecule has 0 aliphatic carbocycles. The van der Waals surface area contributed by atoms with Gasteiger partial charge >= 0.3 is 0 Å². The lowest BCUT2D eigenvalue weighted by Gasteiger charge is -2.26. The van der Waals surface area contributed by atoms with Crippen LogP contribution in [0.5, 0.6) is 0 Å². The average Bonchev–Trinajstić information content (AvgIpc) is 2.83. The molecule has 2 aromatic rings. The molecule has 0 radical (unpaired) electrons. The number of benzene rings is 1. The van der Waals surface area contributed by atoms with Crippen LogP contribution in [-0.4, -0.2) is 27.9 Å². The summed E-state index contributed by atoms with van der Waals surface area (Å²) in [6, 6.07) is 8.88. The molecule has 112 valence electrons. The highest BCUT2D eigenvalue weighted by atomic mass is 32.1. The highest BCUT2D eigenvalue weighted by Crippen LogP contribution is 2.29. The van der Waals surface area contributed by atoms with Gasteiger partial charge in [0, 0.05) is 11.9 Å². The standard InChI is InChI=1S/C16H20N2O2S/c1-10-15(21-12(3)17-10)11(2)18(4)16(20)14(19)13-8-6-5-7-9-13/h5-9,11,14,19H,1-4H3. The van der Waals surface area contributed by atoms with Gasteiger partial charge in [0.05, 0.1) is 16.7 Å². The number of carbonyl (C=O) groups excluding carboxylic acids is 1. The number of hydrogen-bond acceptors (Lipinski definition) is 4. The summed E-state index contributed by atoms with van der Waals surface area (Å²) in [6.07, 6.45) is -1.13. The Morgan fingerprint density at radius 1 is 1.29 bits per heavy atom. The monoisotopic (exact) mass is 304 g/mol. The number of hydrogen-bond donors (Lipinski definition) is 1. The molecule has 2 rings (SSSR count). The van der Waals surface area contributed by atoms with Crippen LogP contribution in [0.3, 0.4) is 0 Å². The number of thiazole rings is 1. The van der Waals surface area contributed by atoms with Crippen molar-refractivity contribution < 1.29 is 9.90 Å². The van der Waals surface area contributed by atoms with Crippen molar-refractivity contribution >= 4 is 17.2 Å². The topological polar surface area (TPSA) is 53.4 Å². The molecule has 2 unspecified atom stereocenters. The Kier molecular flexibility index (Phi) is 4.75. The summed E-state index contributed by atoms with van der Waals surface area (Å²) in [6.45, 7) is 5.85. The number of aryl methyl sites for hydroxylation is 2. The van der Waals surface area contributed by atoms with Gasteiger partial charge in [-0.2, -0.15) is 0 Å². The van der Waals surface area contributed by atoms with Gasteiger partial charge < -0.3 is 10.0 Å². The molecular formula is C16H20N2O2S. The van der Waals surface area contributed by atoms with Crippen LogP contribution in [-0.2, 0) is 4.79 Å². The molecule has 1 amide bonds. The molecule has 1 aromatic heterocycles. The van der Waals surface area contributed by atoms with Gasteiger partial charge in [0.2, 0.25) is 0 Å². The molecule has 0 aliphatic heterocycles. The molecule has 1 heterocycles. The largest absolute Gasteiger partial charge is 0.378 e. The second kappa shape index (κ2) is 6.37. The SMILES string of the molecule is Cc1nc(C)c(C(C)N(C)C(=O)C(O)c2ccccc2)s1. The zero-order valence-electron chi connectivity index (χ0n) is 12.7. The lowest BCUT2D eigenvalue weighted by atomic mass is 10.1. The summed E-state index contributed by atoms with van der Waals surface area (Å²) >= 11 is 1.59. The zero-order chi connectivity index (χ0) is 15.6. The molecule has 5 heteroatoms. The molecule has 1 N–H and O–H groups in total. The van der Waals surface area contributed by atoms with Gasteiger partial charge in [-0.05, 0) is 26.3 Å². The van der Waals surface area contributed by atoms with Crippen molar-refractivity contribution in [3.63, 3.8) is 0 Å². The average molecular weight is 304 g/mol. The Hall–Kier alpha value is -1.72. The normalized spacial score (nSPS) is 13.8. The fourth-order valence-electron chi connectivity index (χ4n) is 2.27. The number of likely N-dealkylation sites (N-methyl/N-ethyl adjacent to an activating group) is 1. The van der Waals surface area contributed by atoms with Crippen molar-refractivity contribution in [2.24, 2.45) is 0 Å². The first-order valence-corrected chi connectivity index (χ1v) is 7.67. The first kappa shape index (κ1) is 15.7. The summed E-state index contributed by atoms with van der Waals surface area (Å²) in [7, 11) is 1.72. The minimum Gasteiger partial charge on any atom is -0.378 e. The number of aliphatic hydroxyl groups is 1. The fraction of sp³-hybridized carbons (Fsp3) is 0.375. The van der Waals surface area contributed by atoms with Gasteiger partial charge in [0.1, 0.15) is 0 Å². The van der Waals surface area contributed by atoms with Gasteiger partial charge in [0.25, 0.3) is 5.91 Å². The molecule has 21 heavy (non-hydrogen) atoms. The Bertz CT molecular complexity index is 624. The predicted molar refractivity (Wildman–Crippen MR) is 84.2 cm³/mol. The van der Waals surface area contributed by atoms with Crippen molar-refractivity contribution in [1.29, 1.82) is 0 Å². The Morgan fingerprint density at radius 3 is 2.43 bits per heavy atom. The van der Waals surface area contributed by atoms with E-state index >= 15 is 0 Å². The van der Waals surface area contributed by atoms with Crippen LogP contribution in [0, 0.1) is 13.8 Å². The Balaban J connectivity index is 2.17. The Morgan fingerprint density at radius 2 is 1.90 bits per heavy atom. The number of carbonyl (C=O) groups is 1. The predicted octanol–water partition coefficient (Wildman–Crippen LogP) is 3.01. The van der Waals surface area contributed by atoms with Crippen LogP contribution < -0.4 is 0 Å². The molecule has 0 saturated carbocycles. The van der Waals surface area contributed by atoms with Crippen LogP contribution in [0.2, 0.25) is 0 Å². The third-order valence-electron chi connectivity index (χ3n) is 3.60. The maximum absolute atomic E-state index is 12.4. The van der Waals surface area contributed by atoms with Crippen molar-refractivity contribution in [3.8, 4) is 0 Å². The van der Waals surface area contributed by atoms with Gasteiger partial charge in [-0.3, -0.25) is 4.79 Å². The molecule has 0 saturated heterocycles. The molecule has 0 fully saturated rings. The van der Waals surface area contributed by atoms with E-state index in [2.05, 4.69) is 4.98 Å². The van der Waals surface area contributed by atoms with Gasteiger partial charge in [-0.25, -0.2) is 4.98 Å². The van der Waals surface area contributed by atoms with Gasteiger partial charge in [0.15, 0.2) is 6.10 Å². The van der Waals surface area contributed by atoms with Crippen molar-refractivity contribution in [1.82, 2.24) is 9.88 Å². The third kappa shape index (κ3) is 3.31. The van der Waals surface area contributed by atoms with E-state index in [9.17, 15) is 9.90 Å². The highest BCUT2D eigenvalue weighted by molar-refractivity contribution is 7.11. The van der Waals surface area contributed by atoms with E-state index in [4.69, 9.17) is 0 Å². The summed E-state index contributed by atoms with van der Waals surface area (Å²) in [4.78, 5) is 19.5. The molecule has 0 aliphatic rings. The molecular weight excluding hydrogens is 284 g/mol. The maximum atomic E-state index is 12.4. The van der Waals surface area contributed by atoms with Gasteiger partial charge in [-0.15, -0.1) is 11.3 Å². The van der Waals surface area contributed by atoms with Crippen LogP contribution in [0.4, 0.5) is 0 Å². The summed E-state index contributed by atoms with van der Waals surface area (Å²) in [5, 5.41) is 11.2. The highest BCUT2D eigenvalue weighted by Gasteiger charge is 2.27. The van der Waals surface area contributed by atoms with E-state index in [1.165, 1.54) is 0 Å². The molecule has 1 aromatic carbocycles. The van der Waals surface area contributed by atoms with E-state index < -0.39 is 6.10 Å². The zero-order valence-corrected chi connectivity index (χ0v) is 13.5. The molecule has 0 bridgehead atoms. The van der Waals surface area contributed by atoms with Crippen LogP contribution in [0.25, 0.3) is 0 Å². The molecule has 0 spiro atoms. The summed E-state index contributed by atoms with van der Waals surface area (Å²) < 4.78 is 0. The van der Waals surface area contributed by atoms with Crippen LogP contribution >= 0.6 is 11.3 Å². The molecule has 4 nitrogen and oxygen atoms in total. The Labute approximate surface area is 129 Å². The summed E-state index contributed by atoms with van der Waals surface area (Å²) in [5.41, 5.74) is 1.55. The second-order valence-electron chi connectivity index (χ2n) is 5.12. The first-order chi connectivity index (χ1) is 9.91. The van der Waals surface area contributed by atoms with Crippen molar-refractivity contribution in [3.05, 3.63) is 51.5 Å². The number of amides is 1. The number of nitrogens with zero attached hydrogens (tertiary/aromatic N) is 2. The molecule has 2 atom stereocenters. The minimum absolute atomic E-state index is 0.109. The number of aromatic nitrogens is 1. The van der Waals surface area contributed by atoms with Crippen molar-refractivity contribution in [2.45, 2.75) is 32.9 Å². The second-order valence-corrected chi connectivity index (χ2v) is 6.36. The smallest absolute Gasteiger partial charge is 0.256 e. The van der Waals surface area contributed by atoms with E-state index in [1.807, 2.05) is 39.0 Å². The quantitative estimate of drug-likeness (QED) is 0.944. The van der Waals surface area contributed by atoms with E-state index in [0.29, 0.717) is 5.56 Å². The summed E-state index contributed by atoms with van der Waals surface area (Å²) in [5.74, 6) is -0.306. The maximum Gasteiger partial charge on any atom is 0.256 e. The van der Waals surface area contributed by atoms with E-state index in [1.54, 1.807) is 35.4 Å². The van der Waals surface area contributed by atoms with E-state index in [-0.39, 0.29) is 11.9 Å². The number of aliphatic hydroxyl groups excluding tert-OH is 1. The minimum atomic E-state index is -1.13. The van der Waals surface area contributed by atoms with Gasteiger partial charge in [-0.1, -0.05) is 30.3 Å². The van der Waals surface area contributed by atoms with E-state index in [0.717, 1.165) is 15.6 Å². The van der Waals surface area contributed by atoms with Crippen molar-refractivity contribution in [2.75, 3.05) is 7.05 Å². The third-order valence-corrected chi connectivity index (χ3v) is 4.84. The van der Waals surface area contributed by atoms with Crippen LogP contribution in [0.15, 0.2) is 30.3 Å².